The number of hydrogen-bond acceptors (Lipinski definition) is 5. The van der Waals surface area contributed by atoms with Gasteiger partial charge in [0.15, 0.2) is 17.4 Å². The highest BCUT2D eigenvalue weighted by Gasteiger charge is 2.33. The first-order valence-electron chi connectivity index (χ1n) is 7.71. The zero-order valence-electron chi connectivity index (χ0n) is 13.8. The van der Waals surface area contributed by atoms with E-state index in [9.17, 15) is 9.18 Å². The van der Waals surface area contributed by atoms with E-state index >= 15 is 0 Å². The highest BCUT2D eigenvalue weighted by Crippen LogP contribution is 2.31. The molecule has 1 aromatic carbocycles. The van der Waals surface area contributed by atoms with Crippen molar-refractivity contribution in [3.63, 3.8) is 0 Å². The molecule has 2 heterocycles. The molecule has 1 saturated heterocycles. The number of anilines is 1. The zero-order chi connectivity index (χ0) is 17.3. The minimum absolute atomic E-state index is 0.145. The van der Waals surface area contributed by atoms with Gasteiger partial charge in [0.1, 0.15) is 0 Å². The van der Waals surface area contributed by atoms with Crippen molar-refractivity contribution in [1.29, 1.82) is 0 Å². The first-order valence-corrected chi connectivity index (χ1v) is 7.71. The Kier molecular flexibility index (Phi) is 4.37. The smallest absolute Gasteiger partial charge is 0.322 e. The number of halogens is 1. The Hall–Kier alpha value is -2.64. The molecule has 2 amide bonds. The van der Waals surface area contributed by atoms with Gasteiger partial charge in [-0.15, -0.1) is 0 Å². The van der Waals surface area contributed by atoms with E-state index in [-0.39, 0.29) is 17.8 Å². The van der Waals surface area contributed by atoms with Gasteiger partial charge in [-0.2, -0.15) is 4.98 Å². The maximum atomic E-state index is 13.9. The highest BCUT2D eigenvalue weighted by atomic mass is 19.1. The predicted octanol–water partition coefficient (Wildman–Crippen LogP) is 3.20. The summed E-state index contributed by atoms with van der Waals surface area (Å²) in [5.41, 5.74) is 1.13. The van der Waals surface area contributed by atoms with Crippen molar-refractivity contribution < 1.29 is 18.4 Å². The number of rotatable bonds is 3. The van der Waals surface area contributed by atoms with Gasteiger partial charge in [-0.1, -0.05) is 5.16 Å². The van der Waals surface area contributed by atoms with Gasteiger partial charge in [0.05, 0.1) is 13.2 Å². The van der Waals surface area contributed by atoms with E-state index in [0.29, 0.717) is 29.5 Å². The fraction of sp³-hybridized carbons (Fsp3) is 0.438. The number of aryl methyl sites for hydroxylation is 2. The van der Waals surface area contributed by atoms with Gasteiger partial charge in [-0.3, -0.25) is 0 Å². The Bertz CT molecular complexity index is 762. The van der Waals surface area contributed by atoms with Crippen LogP contribution < -0.4 is 10.1 Å². The van der Waals surface area contributed by atoms with Crippen LogP contribution >= 0.6 is 0 Å². The largest absolute Gasteiger partial charge is 0.494 e. The third kappa shape index (κ3) is 3.04. The molecule has 0 bridgehead atoms. The summed E-state index contributed by atoms with van der Waals surface area (Å²) in [7, 11) is 1.40. The van der Waals surface area contributed by atoms with Crippen LogP contribution in [-0.4, -0.2) is 34.7 Å². The fourth-order valence-electron chi connectivity index (χ4n) is 2.86. The second-order valence-corrected chi connectivity index (χ2v) is 5.75. The van der Waals surface area contributed by atoms with E-state index in [0.717, 1.165) is 12.8 Å². The lowest BCUT2D eigenvalue weighted by Gasteiger charge is -2.23. The average Bonchev–Trinajstić information content (AvgIpc) is 3.18. The molecule has 1 aliphatic rings. The van der Waals surface area contributed by atoms with Crippen LogP contribution in [0.4, 0.5) is 14.9 Å². The molecule has 2 aromatic rings. The van der Waals surface area contributed by atoms with E-state index in [1.165, 1.54) is 13.2 Å². The van der Waals surface area contributed by atoms with Gasteiger partial charge in [-0.25, -0.2) is 9.18 Å². The summed E-state index contributed by atoms with van der Waals surface area (Å²) in [5, 5.41) is 6.66. The Morgan fingerprint density at radius 1 is 1.46 bits per heavy atom. The number of benzene rings is 1. The van der Waals surface area contributed by atoms with Gasteiger partial charge >= 0.3 is 6.03 Å². The van der Waals surface area contributed by atoms with E-state index in [1.54, 1.807) is 24.8 Å². The van der Waals surface area contributed by atoms with Crippen molar-refractivity contribution >= 4 is 11.7 Å². The molecular formula is C16H19FN4O3. The number of hydrogen-bond donors (Lipinski definition) is 1. The van der Waals surface area contributed by atoms with Crippen LogP contribution in [0.15, 0.2) is 16.7 Å². The van der Waals surface area contributed by atoms with Gasteiger partial charge in [0.25, 0.3) is 0 Å². The predicted molar refractivity (Wildman–Crippen MR) is 84.4 cm³/mol. The number of carbonyl (C=O) groups excluding carboxylic acids is 1. The van der Waals surface area contributed by atoms with Crippen LogP contribution in [0, 0.1) is 19.7 Å². The molecule has 8 heteroatoms. The number of likely N-dealkylation sites (tertiary alicyclic amines) is 1. The molecule has 128 valence electrons. The summed E-state index contributed by atoms with van der Waals surface area (Å²) in [4.78, 5) is 18.5. The summed E-state index contributed by atoms with van der Waals surface area (Å²) < 4.78 is 23.8. The number of nitrogens with one attached hydrogen (secondary N) is 1. The van der Waals surface area contributed by atoms with Crippen LogP contribution in [0.1, 0.15) is 36.2 Å². The van der Waals surface area contributed by atoms with Crippen molar-refractivity contribution in [3.05, 3.63) is 35.2 Å². The summed E-state index contributed by atoms with van der Waals surface area (Å²) in [6.45, 7) is 4.07. The molecular weight excluding hydrogens is 315 g/mol. The molecule has 0 unspecified atom stereocenters. The Balaban J connectivity index is 1.78. The van der Waals surface area contributed by atoms with Gasteiger partial charge in [0.2, 0.25) is 5.89 Å². The maximum absolute atomic E-state index is 13.9. The Labute approximate surface area is 138 Å². The molecule has 0 aliphatic carbocycles. The second kappa shape index (κ2) is 6.46. The number of urea groups is 1. The topological polar surface area (TPSA) is 80.5 Å². The third-order valence-corrected chi connectivity index (χ3v) is 4.10. The minimum Gasteiger partial charge on any atom is -0.494 e. The molecule has 1 atom stereocenters. The average molecular weight is 334 g/mol. The molecule has 1 aromatic heterocycles. The van der Waals surface area contributed by atoms with Crippen molar-refractivity contribution in [1.82, 2.24) is 15.0 Å². The first kappa shape index (κ1) is 16.2. The van der Waals surface area contributed by atoms with E-state index in [1.807, 2.05) is 0 Å². The molecule has 3 rings (SSSR count). The number of carbonyl (C=O) groups is 1. The summed E-state index contributed by atoms with van der Waals surface area (Å²) in [5.74, 6) is 0.583. The number of amides is 2. The van der Waals surface area contributed by atoms with Crippen molar-refractivity contribution in [3.8, 4) is 5.75 Å². The van der Waals surface area contributed by atoms with Gasteiger partial charge in [0, 0.05) is 25.2 Å². The first-order chi connectivity index (χ1) is 11.5. The molecule has 1 fully saturated rings. The van der Waals surface area contributed by atoms with Crippen LogP contribution in [0.2, 0.25) is 0 Å². The number of aromatic nitrogens is 2. The standard InChI is InChI=1S/C16H19FN4O3/c1-9-7-14(23-3)11(17)8-12(9)19-16(22)21-6-4-5-13(21)15-18-10(2)24-20-15/h7-8,13H,4-6H2,1-3H3,(H,19,22)/t13-/m1/s1. The molecule has 0 spiro atoms. The van der Waals surface area contributed by atoms with Crippen LogP contribution in [0.3, 0.4) is 0 Å². The lowest BCUT2D eigenvalue weighted by Crippen LogP contribution is -2.35. The molecule has 7 nitrogen and oxygen atoms in total. The van der Waals surface area contributed by atoms with E-state index in [4.69, 9.17) is 9.26 Å². The third-order valence-electron chi connectivity index (χ3n) is 4.10. The highest BCUT2D eigenvalue weighted by molar-refractivity contribution is 5.90. The van der Waals surface area contributed by atoms with Crippen LogP contribution in [-0.2, 0) is 0 Å². The van der Waals surface area contributed by atoms with Crippen molar-refractivity contribution in [2.75, 3.05) is 19.0 Å². The summed E-state index contributed by atoms with van der Waals surface area (Å²) in [6.07, 6.45) is 1.62. The summed E-state index contributed by atoms with van der Waals surface area (Å²) in [6, 6.07) is 2.27. The molecule has 24 heavy (non-hydrogen) atoms. The number of methoxy groups -OCH3 is 1. The van der Waals surface area contributed by atoms with Gasteiger partial charge < -0.3 is 19.5 Å². The second-order valence-electron chi connectivity index (χ2n) is 5.75. The number of ether oxygens (including phenoxy) is 1. The Morgan fingerprint density at radius 3 is 2.92 bits per heavy atom. The van der Waals surface area contributed by atoms with E-state index in [2.05, 4.69) is 15.5 Å². The molecule has 0 saturated carbocycles. The molecule has 0 radical (unpaired) electrons. The fourth-order valence-corrected chi connectivity index (χ4v) is 2.86. The SMILES string of the molecule is COc1cc(C)c(NC(=O)N2CCC[C@@H]2c2noc(C)n2)cc1F. The molecule has 1 aliphatic heterocycles. The minimum atomic E-state index is -0.523. The number of nitrogens with zero attached hydrogens (tertiary/aromatic N) is 3. The quantitative estimate of drug-likeness (QED) is 0.932. The maximum Gasteiger partial charge on any atom is 0.322 e. The van der Waals surface area contributed by atoms with Crippen molar-refractivity contribution in [2.24, 2.45) is 0 Å². The van der Waals surface area contributed by atoms with Crippen LogP contribution in [0.5, 0.6) is 5.75 Å². The van der Waals surface area contributed by atoms with Crippen LogP contribution in [0.25, 0.3) is 0 Å². The molecule has 1 N–H and O–H groups in total. The van der Waals surface area contributed by atoms with E-state index < -0.39 is 5.82 Å². The lowest BCUT2D eigenvalue weighted by atomic mass is 10.2. The van der Waals surface area contributed by atoms with Gasteiger partial charge in [-0.05, 0) is 31.4 Å². The van der Waals surface area contributed by atoms with Crippen molar-refractivity contribution in [2.45, 2.75) is 32.7 Å². The Morgan fingerprint density at radius 2 is 2.25 bits per heavy atom. The zero-order valence-corrected chi connectivity index (χ0v) is 13.8. The lowest BCUT2D eigenvalue weighted by molar-refractivity contribution is 0.204. The summed E-state index contributed by atoms with van der Waals surface area (Å²) >= 11 is 0. The normalized spacial score (nSPS) is 17.2. The monoisotopic (exact) mass is 334 g/mol.